The number of hydrogen-bond acceptors (Lipinski definition) is 4. The number of hydrogen-bond donors (Lipinski definition) is 0. The maximum Gasteiger partial charge on any atom is 0.261 e. The van der Waals surface area contributed by atoms with Crippen molar-refractivity contribution in [3.8, 4) is 0 Å². The van der Waals surface area contributed by atoms with Crippen molar-refractivity contribution in [1.82, 2.24) is 29.4 Å². The highest BCUT2D eigenvalue weighted by Gasteiger charge is 2.55. The Labute approximate surface area is 169 Å². The predicted octanol–water partition coefficient (Wildman–Crippen LogP) is 2.11. The average molecular weight is 406 g/mol. The lowest BCUT2D eigenvalue weighted by molar-refractivity contribution is -0.171. The molecule has 0 N–H and O–H groups in total. The summed E-state index contributed by atoms with van der Waals surface area (Å²) >= 11 is 0. The minimum Gasteiger partial charge on any atom is -0.336 e. The molecule has 0 saturated carbocycles. The molecule has 2 aromatic rings. The molecule has 2 aliphatic rings. The number of nitrogens with zero attached hydrogens (tertiary/aromatic N) is 6. The largest absolute Gasteiger partial charge is 0.336 e. The van der Waals surface area contributed by atoms with Crippen LogP contribution in [0, 0.1) is 12.3 Å². The van der Waals surface area contributed by atoms with Crippen molar-refractivity contribution in [1.29, 1.82) is 0 Å². The summed E-state index contributed by atoms with van der Waals surface area (Å²) in [6.07, 6.45) is 2.53. The van der Waals surface area contributed by atoms with E-state index in [0.717, 1.165) is 23.5 Å². The van der Waals surface area contributed by atoms with Gasteiger partial charge in [0.25, 0.3) is 5.92 Å². The van der Waals surface area contributed by atoms with Crippen LogP contribution in [0.1, 0.15) is 36.3 Å². The molecule has 0 bridgehead atoms. The van der Waals surface area contributed by atoms with E-state index < -0.39 is 11.3 Å². The highest BCUT2D eigenvalue weighted by Crippen LogP contribution is 2.45. The molecule has 158 valence electrons. The molecule has 0 radical (unpaired) electrons. The Morgan fingerprint density at radius 1 is 1.14 bits per heavy atom. The SMILES string of the molecule is Cc1cc(CN2CCCC3(CN(Cc4ccnn4C)CC(F)(F)C3)C2=O)n(C)n1. The first-order chi connectivity index (χ1) is 13.7. The third-order valence-corrected chi connectivity index (χ3v) is 6.16. The van der Waals surface area contributed by atoms with Crippen LogP contribution in [0.15, 0.2) is 18.3 Å². The van der Waals surface area contributed by atoms with Crippen LogP contribution >= 0.6 is 0 Å². The van der Waals surface area contributed by atoms with Crippen LogP contribution in [0.3, 0.4) is 0 Å². The molecule has 0 aliphatic carbocycles. The van der Waals surface area contributed by atoms with Gasteiger partial charge in [0.05, 0.1) is 35.6 Å². The van der Waals surface area contributed by atoms with E-state index >= 15 is 0 Å². The normalized spacial score (nSPS) is 25.1. The lowest BCUT2D eigenvalue weighted by Gasteiger charge is -2.49. The Morgan fingerprint density at radius 2 is 1.93 bits per heavy atom. The van der Waals surface area contributed by atoms with Gasteiger partial charge in [0.2, 0.25) is 5.91 Å². The van der Waals surface area contributed by atoms with Gasteiger partial charge in [0.15, 0.2) is 0 Å². The fourth-order valence-corrected chi connectivity index (χ4v) is 4.94. The molecule has 2 aromatic heterocycles. The Bertz CT molecular complexity index is 907. The lowest BCUT2D eigenvalue weighted by atomic mass is 9.71. The topological polar surface area (TPSA) is 59.2 Å². The van der Waals surface area contributed by atoms with Crippen LogP contribution in [0.2, 0.25) is 0 Å². The Kier molecular flexibility index (Phi) is 4.96. The van der Waals surface area contributed by atoms with Crippen molar-refractivity contribution < 1.29 is 13.6 Å². The number of piperidine rings is 2. The molecule has 0 aromatic carbocycles. The lowest BCUT2D eigenvalue weighted by Crippen LogP contribution is -2.60. The van der Waals surface area contributed by atoms with Crippen molar-refractivity contribution in [3.05, 3.63) is 35.4 Å². The number of amides is 1. The highest BCUT2D eigenvalue weighted by atomic mass is 19.3. The maximum absolute atomic E-state index is 14.8. The van der Waals surface area contributed by atoms with Gasteiger partial charge in [-0.1, -0.05) is 0 Å². The summed E-state index contributed by atoms with van der Waals surface area (Å²) in [7, 11) is 3.65. The standard InChI is InChI=1S/C20H28F2N6O/c1-15-9-17(26(3)24-15)11-28-8-4-6-19(18(28)29)12-20(21,22)14-27(13-19)10-16-5-7-23-25(16)2/h5,7,9H,4,6,8,10-14H2,1-3H3. The zero-order valence-electron chi connectivity index (χ0n) is 17.2. The van der Waals surface area contributed by atoms with Crippen molar-refractivity contribution in [2.75, 3.05) is 19.6 Å². The summed E-state index contributed by atoms with van der Waals surface area (Å²) in [5.74, 6) is -3.05. The van der Waals surface area contributed by atoms with Gasteiger partial charge in [-0.2, -0.15) is 10.2 Å². The van der Waals surface area contributed by atoms with Gasteiger partial charge in [-0.15, -0.1) is 0 Å². The van der Waals surface area contributed by atoms with E-state index in [4.69, 9.17) is 0 Å². The number of rotatable bonds is 4. The molecular formula is C20H28F2N6O. The molecular weight excluding hydrogens is 378 g/mol. The van der Waals surface area contributed by atoms with Crippen molar-refractivity contribution in [2.24, 2.45) is 19.5 Å². The molecule has 4 rings (SSSR count). The van der Waals surface area contributed by atoms with E-state index in [-0.39, 0.29) is 18.9 Å². The van der Waals surface area contributed by atoms with Crippen LogP contribution in [0.4, 0.5) is 8.78 Å². The van der Waals surface area contributed by atoms with Gasteiger partial charge >= 0.3 is 0 Å². The molecule has 1 amide bonds. The second kappa shape index (κ2) is 7.19. The summed E-state index contributed by atoms with van der Waals surface area (Å²) in [6.45, 7) is 3.30. The molecule has 2 fully saturated rings. The smallest absolute Gasteiger partial charge is 0.261 e. The molecule has 2 aliphatic heterocycles. The zero-order valence-corrected chi connectivity index (χ0v) is 17.2. The van der Waals surface area contributed by atoms with Crippen LogP contribution in [0.5, 0.6) is 0 Å². The summed E-state index contributed by atoms with van der Waals surface area (Å²) in [4.78, 5) is 16.9. The fourth-order valence-electron chi connectivity index (χ4n) is 4.94. The highest BCUT2D eigenvalue weighted by molar-refractivity contribution is 5.84. The number of aromatic nitrogens is 4. The number of aryl methyl sites for hydroxylation is 3. The molecule has 2 saturated heterocycles. The van der Waals surface area contributed by atoms with E-state index in [9.17, 15) is 13.6 Å². The van der Waals surface area contributed by atoms with Crippen LogP contribution in [0.25, 0.3) is 0 Å². The summed E-state index contributed by atoms with van der Waals surface area (Å²) < 4.78 is 33.0. The zero-order chi connectivity index (χ0) is 20.8. The van der Waals surface area contributed by atoms with Gasteiger partial charge in [0.1, 0.15) is 0 Å². The van der Waals surface area contributed by atoms with Gasteiger partial charge < -0.3 is 4.90 Å². The average Bonchev–Trinajstić information content (AvgIpc) is 3.15. The van der Waals surface area contributed by atoms with Crippen molar-refractivity contribution in [3.63, 3.8) is 0 Å². The monoisotopic (exact) mass is 406 g/mol. The quantitative estimate of drug-likeness (QED) is 0.781. The minimum atomic E-state index is -2.89. The molecule has 9 heteroatoms. The molecule has 29 heavy (non-hydrogen) atoms. The van der Waals surface area contributed by atoms with Crippen LogP contribution in [-0.2, 0) is 32.0 Å². The van der Waals surface area contributed by atoms with Crippen LogP contribution < -0.4 is 0 Å². The summed E-state index contributed by atoms with van der Waals surface area (Å²) in [6, 6.07) is 3.78. The van der Waals surface area contributed by atoms with E-state index in [1.807, 2.05) is 26.1 Å². The second-order valence-electron chi connectivity index (χ2n) is 8.64. The minimum absolute atomic E-state index is 0.156. The summed E-state index contributed by atoms with van der Waals surface area (Å²) in [5.41, 5.74) is 1.63. The van der Waals surface area contributed by atoms with Gasteiger partial charge in [-0.25, -0.2) is 8.78 Å². The number of halogens is 2. The van der Waals surface area contributed by atoms with Crippen molar-refractivity contribution in [2.45, 2.75) is 45.2 Å². The first-order valence-electron chi connectivity index (χ1n) is 10.0. The fraction of sp³-hybridized carbons (Fsp3) is 0.650. The molecule has 1 atom stereocenters. The molecule has 4 heterocycles. The van der Waals surface area contributed by atoms with Gasteiger partial charge in [0, 0.05) is 46.3 Å². The van der Waals surface area contributed by atoms with E-state index in [2.05, 4.69) is 10.2 Å². The van der Waals surface area contributed by atoms with Crippen LogP contribution in [-0.4, -0.2) is 60.8 Å². The molecule has 7 nitrogen and oxygen atoms in total. The third kappa shape index (κ3) is 3.92. The Hall–Kier alpha value is -2.29. The number of likely N-dealkylation sites (tertiary alicyclic amines) is 2. The Morgan fingerprint density at radius 3 is 2.59 bits per heavy atom. The number of alkyl halides is 2. The van der Waals surface area contributed by atoms with Gasteiger partial charge in [-0.05, 0) is 31.9 Å². The first-order valence-corrected chi connectivity index (χ1v) is 10.0. The predicted molar refractivity (Wildman–Crippen MR) is 103 cm³/mol. The first kappa shape index (κ1) is 20.0. The number of carbonyl (C=O) groups excluding carboxylic acids is 1. The maximum atomic E-state index is 14.8. The number of carbonyl (C=O) groups is 1. The van der Waals surface area contributed by atoms with E-state index in [0.29, 0.717) is 32.6 Å². The van der Waals surface area contributed by atoms with E-state index in [1.54, 1.807) is 32.4 Å². The second-order valence-corrected chi connectivity index (χ2v) is 8.64. The summed E-state index contributed by atoms with van der Waals surface area (Å²) in [5, 5.41) is 8.46. The van der Waals surface area contributed by atoms with E-state index in [1.165, 1.54) is 0 Å². The Balaban J connectivity index is 1.56. The third-order valence-electron chi connectivity index (χ3n) is 6.16. The molecule has 1 unspecified atom stereocenters. The molecule has 1 spiro atoms. The van der Waals surface area contributed by atoms with Gasteiger partial charge in [-0.3, -0.25) is 19.1 Å². The van der Waals surface area contributed by atoms with Crippen molar-refractivity contribution >= 4 is 5.91 Å².